The third-order valence-electron chi connectivity index (χ3n) is 4.09. The van der Waals surface area contributed by atoms with Crippen LogP contribution in [0.3, 0.4) is 0 Å². The smallest absolute Gasteiger partial charge is 0.328 e. The molecule has 24 heavy (non-hydrogen) atoms. The fraction of sp³-hybridized carbons (Fsp3) is 0.235. The minimum Gasteiger partial charge on any atom is -0.328 e. The molecule has 0 saturated carbocycles. The van der Waals surface area contributed by atoms with Gasteiger partial charge in [-0.05, 0) is 35.4 Å². The second-order valence-corrected chi connectivity index (χ2v) is 5.68. The lowest BCUT2D eigenvalue weighted by molar-refractivity contribution is -0.150. The summed E-state index contributed by atoms with van der Waals surface area (Å²) in [5.74, 6) is -0.672. The molecule has 2 aromatic rings. The van der Waals surface area contributed by atoms with E-state index in [1.54, 1.807) is 12.1 Å². The van der Waals surface area contributed by atoms with Crippen LogP contribution < -0.4 is 5.73 Å². The molecule has 2 N–H and O–H groups in total. The Morgan fingerprint density at radius 3 is 2.12 bits per heavy atom. The van der Waals surface area contributed by atoms with Crippen LogP contribution in [-0.4, -0.2) is 16.8 Å². The summed E-state index contributed by atoms with van der Waals surface area (Å²) in [7, 11) is 0. The molecule has 3 nitrogen and oxygen atoms in total. The van der Waals surface area contributed by atoms with Crippen molar-refractivity contribution in [1.29, 1.82) is 0 Å². The largest absolute Gasteiger partial charge is 0.416 e. The van der Waals surface area contributed by atoms with Crippen molar-refractivity contribution in [3.05, 3.63) is 71.0 Å². The normalized spacial score (nSPS) is 20.9. The Hall–Kier alpha value is -2.41. The number of halogens is 4. The fourth-order valence-corrected chi connectivity index (χ4v) is 2.79. The number of rotatable bonds is 3. The van der Waals surface area contributed by atoms with Crippen LogP contribution in [-0.2, 0) is 17.5 Å². The molecule has 1 saturated heterocycles. The van der Waals surface area contributed by atoms with Gasteiger partial charge in [-0.15, -0.1) is 0 Å². The van der Waals surface area contributed by atoms with Gasteiger partial charge in [0.2, 0.25) is 5.91 Å². The Morgan fingerprint density at radius 1 is 1.00 bits per heavy atom. The van der Waals surface area contributed by atoms with Crippen LogP contribution in [0.25, 0.3) is 0 Å². The molecule has 1 heterocycles. The number of amides is 1. The molecule has 1 aliphatic rings. The first-order valence-electron chi connectivity index (χ1n) is 7.25. The summed E-state index contributed by atoms with van der Waals surface area (Å²) in [5, 5.41) is 0. The monoisotopic (exact) mass is 338 g/mol. The number of hydrogen-bond donors (Lipinski definition) is 1. The molecule has 2 atom stereocenters. The molecule has 126 valence electrons. The molecular formula is C17H14F4N2O. The number of alkyl halides is 3. The van der Waals surface area contributed by atoms with E-state index >= 15 is 0 Å². The average molecular weight is 338 g/mol. The summed E-state index contributed by atoms with van der Waals surface area (Å²) >= 11 is 0. The van der Waals surface area contributed by atoms with Gasteiger partial charge in [0.15, 0.2) is 0 Å². The van der Waals surface area contributed by atoms with Gasteiger partial charge in [-0.25, -0.2) is 4.39 Å². The van der Waals surface area contributed by atoms with Crippen LogP contribution in [0.4, 0.5) is 17.6 Å². The fourth-order valence-electron chi connectivity index (χ4n) is 2.79. The van der Waals surface area contributed by atoms with E-state index in [0.29, 0.717) is 11.1 Å². The van der Waals surface area contributed by atoms with Crippen molar-refractivity contribution in [2.75, 3.05) is 0 Å². The zero-order valence-electron chi connectivity index (χ0n) is 12.4. The predicted molar refractivity (Wildman–Crippen MR) is 79.1 cm³/mol. The number of β-lactam (4-membered cyclic amide) rings is 1. The maximum absolute atomic E-state index is 12.9. The van der Waals surface area contributed by atoms with Gasteiger partial charge >= 0.3 is 6.18 Å². The molecule has 2 aromatic carbocycles. The standard InChI is InChI=1S/C17H14F4N2O/c18-13-7-1-10(2-8-13)9-23-15(14(22)16(23)24)11-3-5-12(6-4-11)17(19,20)21/h1-8,14-15H,9,22H2/t14-,15-/m1/s1. The third kappa shape index (κ3) is 2.99. The van der Waals surface area contributed by atoms with Crippen LogP contribution in [0.1, 0.15) is 22.7 Å². The zero-order chi connectivity index (χ0) is 17.5. The Kier molecular flexibility index (Phi) is 4.04. The highest BCUT2D eigenvalue weighted by atomic mass is 19.4. The molecule has 0 unspecified atom stereocenters. The van der Waals surface area contributed by atoms with Crippen LogP contribution in [0.5, 0.6) is 0 Å². The lowest BCUT2D eigenvalue weighted by Gasteiger charge is -2.45. The van der Waals surface area contributed by atoms with Gasteiger partial charge in [0.05, 0.1) is 11.6 Å². The Morgan fingerprint density at radius 2 is 1.58 bits per heavy atom. The van der Waals surface area contributed by atoms with Crippen LogP contribution in [0.2, 0.25) is 0 Å². The highest BCUT2D eigenvalue weighted by Crippen LogP contribution is 2.37. The van der Waals surface area contributed by atoms with Gasteiger partial charge in [0.1, 0.15) is 11.9 Å². The number of nitrogens with zero attached hydrogens (tertiary/aromatic N) is 1. The number of carbonyl (C=O) groups is 1. The maximum atomic E-state index is 12.9. The van der Waals surface area contributed by atoms with E-state index < -0.39 is 23.8 Å². The summed E-state index contributed by atoms with van der Waals surface area (Å²) in [6, 6.07) is 9.00. The molecule has 0 aromatic heterocycles. The summed E-state index contributed by atoms with van der Waals surface area (Å²) in [5.41, 5.74) is 6.32. The van der Waals surface area contributed by atoms with Crippen molar-refractivity contribution in [2.45, 2.75) is 24.8 Å². The molecule has 7 heteroatoms. The van der Waals surface area contributed by atoms with E-state index in [-0.39, 0.29) is 18.3 Å². The zero-order valence-corrected chi connectivity index (χ0v) is 12.4. The quantitative estimate of drug-likeness (QED) is 0.690. The molecule has 3 rings (SSSR count). The van der Waals surface area contributed by atoms with Crippen LogP contribution >= 0.6 is 0 Å². The van der Waals surface area contributed by atoms with Gasteiger partial charge in [-0.2, -0.15) is 13.2 Å². The van der Waals surface area contributed by atoms with Gasteiger partial charge in [-0.3, -0.25) is 4.79 Å². The minimum atomic E-state index is -4.41. The van der Waals surface area contributed by atoms with Crippen molar-refractivity contribution in [3.8, 4) is 0 Å². The molecule has 0 radical (unpaired) electrons. The first-order chi connectivity index (χ1) is 11.3. The number of benzene rings is 2. The second-order valence-electron chi connectivity index (χ2n) is 5.68. The highest BCUT2D eigenvalue weighted by molar-refractivity contribution is 5.89. The summed E-state index contributed by atoms with van der Waals surface area (Å²) < 4.78 is 50.8. The summed E-state index contributed by atoms with van der Waals surface area (Å²) in [4.78, 5) is 13.5. The molecule has 1 amide bonds. The summed E-state index contributed by atoms with van der Waals surface area (Å²) in [6.45, 7) is 0.221. The van der Waals surface area contributed by atoms with E-state index in [9.17, 15) is 22.4 Å². The lowest BCUT2D eigenvalue weighted by Crippen LogP contribution is -2.62. The molecule has 0 aliphatic carbocycles. The van der Waals surface area contributed by atoms with Crippen molar-refractivity contribution >= 4 is 5.91 Å². The first kappa shape index (κ1) is 16.4. The highest BCUT2D eigenvalue weighted by Gasteiger charge is 2.45. The van der Waals surface area contributed by atoms with Crippen LogP contribution in [0.15, 0.2) is 48.5 Å². The van der Waals surface area contributed by atoms with E-state index in [0.717, 1.165) is 12.1 Å². The Labute approximate surface area is 135 Å². The molecule has 0 spiro atoms. The van der Waals surface area contributed by atoms with E-state index in [4.69, 9.17) is 5.73 Å². The predicted octanol–water partition coefficient (Wildman–Crippen LogP) is 3.26. The molecular weight excluding hydrogens is 324 g/mol. The number of carbonyl (C=O) groups excluding carboxylic acids is 1. The van der Waals surface area contributed by atoms with Crippen molar-refractivity contribution in [1.82, 2.24) is 4.90 Å². The van der Waals surface area contributed by atoms with Crippen molar-refractivity contribution < 1.29 is 22.4 Å². The molecule has 1 fully saturated rings. The van der Waals surface area contributed by atoms with E-state index in [2.05, 4.69) is 0 Å². The first-order valence-corrected chi connectivity index (χ1v) is 7.25. The van der Waals surface area contributed by atoms with E-state index in [1.807, 2.05) is 0 Å². The summed E-state index contributed by atoms with van der Waals surface area (Å²) in [6.07, 6.45) is -4.41. The van der Waals surface area contributed by atoms with Crippen molar-refractivity contribution in [3.63, 3.8) is 0 Å². The lowest BCUT2D eigenvalue weighted by atomic mass is 9.88. The maximum Gasteiger partial charge on any atom is 0.416 e. The number of hydrogen-bond acceptors (Lipinski definition) is 2. The number of nitrogens with two attached hydrogens (primary N) is 1. The topological polar surface area (TPSA) is 46.3 Å². The van der Waals surface area contributed by atoms with Crippen molar-refractivity contribution in [2.24, 2.45) is 5.73 Å². The second kappa shape index (κ2) is 5.90. The Bertz CT molecular complexity index is 741. The SMILES string of the molecule is N[C@H]1C(=O)N(Cc2ccc(F)cc2)[C@@H]1c1ccc(C(F)(F)F)cc1. The van der Waals surface area contributed by atoms with E-state index in [1.165, 1.54) is 29.2 Å². The molecule has 1 aliphatic heterocycles. The van der Waals surface area contributed by atoms with Gasteiger partial charge in [0, 0.05) is 6.54 Å². The third-order valence-corrected chi connectivity index (χ3v) is 4.09. The molecule has 0 bridgehead atoms. The Balaban J connectivity index is 1.80. The number of likely N-dealkylation sites (tertiary alicyclic amines) is 1. The van der Waals surface area contributed by atoms with Crippen LogP contribution in [0, 0.1) is 5.82 Å². The van der Waals surface area contributed by atoms with Gasteiger partial charge < -0.3 is 10.6 Å². The van der Waals surface area contributed by atoms with Gasteiger partial charge in [-0.1, -0.05) is 24.3 Å². The van der Waals surface area contributed by atoms with Gasteiger partial charge in [0.25, 0.3) is 0 Å². The average Bonchev–Trinajstić information content (AvgIpc) is 2.55. The minimum absolute atomic E-state index is 0.221.